The third kappa shape index (κ3) is 5.13. The van der Waals surface area contributed by atoms with Gasteiger partial charge in [0, 0.05) is 13.8 Å². The predicted octanol–water partition coefficient (Wildman–Crippen LogP) is 3.97. The number of thioether (sulfide) groups is 1. The van der Waals surface area contributed by atoms with Crippen LogP contribution in [0.1, 0.15) is 42.8 Å². The lowest BCUT2D eigenvalue weighted by Gasteiger charge is -2.21. The Hall–Kier alpha value is -3.00. The lowest BCUT2D eigenvalue weighted by Crippen LogP contribution is -2.25. The Kier molecular flexibility index (Phi) is 6.99. The minimum atomic E-state index is -0.394. The van der Waals surface area contributed by atoms with Crippen LogP contribution in [0.3, 0.4) is 0 Å². The number of ether oxygens (including phenoxy) is 2. The molecular formula is C22H25N3O4S. The van der Waals surface area contributed by atoms with Gasteiger partial charge in [-0.15, -0.1) is 5.10 Å². The largest absolute Gasteiger partial charge is 0.490 e. The Balaban J connectivity index is 1.82. The SMILES string of the molecule is CCOc1cc(C2SC(NC(C)=O)=NN2C(C)=O)ccc1OCc1ccccc1C. The highest BCUT2D eigenvalue weighted by Gasteiger charge is 2.33. The summed E-state index contributed by atoms with van der Waals surface area (Å²) >= 11 is 1.30. The van der Waals surface area contributed by atoms with Crippen LogP contribution in [0.25, 0.3) is 0 Å². The van der Waals surface area contributed by atoms with E-state index < -0.39 is 5.37 Å². The van der Waals surface area contributed by atoms with E-state index in [9.17, 15) is 9.59 Å². The highest BCUT2D eigenvalue weighted by atomic mass is 32.2. The molecule has 158 valence electrons. The normalized spacial score (nSPS) is 15.5. The van der Waals surface area contributed by atoms with Crippen molar-refractivity contribution < 1.29 is 19.1 Å². The molecule has 7 nitrogen and oxygen atoms in total. The van der Waals surface area contributed by atoms with E-state index in [0.29, 0.717) is 29.9 Å². The highest BCUT2D eigenvalue weighted by Crippen LogP contribution is 2.41. The Morgan fingerprint density at radius 3 is 2.57 bits per heavy atom. The predicted molar refractivity (Wildman–Crippen MR) is 117 cm³/mol. The number of benzene rings is 2. The van der Waals surface area contributed by atoms with Crippen molar-refractivity contribution in [3.63, 3.8) is 0 Å². The van der Waals surface area contributed by atoms with Gasteiger partial charge in [0.15, 0.2) is 16.7 Å². The van der Waals surface area contributed by atoms with Gasteiger partial charge in [-0.05, 0) is 42.7 Å². The smallest absolute Gasteiger partial charge is 0.241 e. The monoisotopic (exact) mass is 427 g/mol. The molecule has 1 aliphatic rings. The van der Waals surface area contributed by atoms with E-state index >= 15 is 0 Å². The topological polar surface area (TPSA) is 80.2 Å². The second kappa shape index (κ2) is 9.67. The number of nitrogens with zero attached hydrogens (tertiary/aromatic N) is 2. The van der Waals surface area contributed by atoms with Gasteiger partial charge < -0.3 is 14.8 Å². The zero-order chi connectivity index (χ0) is 21.7. The minimum absolute atomic E-state index is 0.217. The van der Waals surface area contributed by atoms with Gasteiger partial charge >= 0.3 is 0 Å². The molecule has 0 saturated carbocycles. The lowest BCUT2D eigenvalue weighted by atomic mass is 10.1. The van der Waals surface area contributed by atoms with Crippen molar-refractivity contribution in [3.05, 3.63) is 59.2 Å². The molecule has 2 aromatic carbocycles. The van der Waals surface area contributed by atoms with Crippen molar-refractivity contribution in [2.75, 3.05) is 6.61 Å². The van der Waals surface area contributed by atoms with E-state index in [-0.39, 0.29) is 11.8 Å². The zero-order valence-corrected chi connectivity index (χ0v) is 18.3. The number of aryl methyl sites for hydroxylation is 1. The average Bonchev–Trinajstić information content (AvgIpc) is 3.12. The summed E-state index contributed by atoms with van der Waals surface area (Å²) in [4.78, 5) is 23.4. The molecule has 8 heteroatoms. The van der Waals surface area contributed by atoms with Crippen LogP contribution in [-0.4, -0.2) is 28.6 Å². The molecule has 1 N–H and O–H groups in total. The number of amides is 2. The maximum absolute atomic E-state index is 12.1. The van der Waals surface area contributed by atoms with Crippen LogP contribution >= 0.6 is 11.8 Å². The van der Waals surface area contributed by atoms with Crippen molar-refractivity contribution in [2.45, 2.75) is 39.7 Å². The van der Waals surface area contributed by atoms with Crippen molar-refractivity contribution in [1.29, 1.82) is 0 Å². The Bertz CT molecular complexity index is 977. The van der Waals surface area contributed by atoms with Crippen LogP contribution in [0, 0.1) is 6.92 Å². The van der Waals surface area contributed by atoms with E-state index in [1.807, 2.05) is 56.3 Å². The second-order valence-electron chi connectivity index (χ2n) is 6.77. The number of hydrogen-bond acceptors (Lipinski definition) is 6. The number of hydrogen-bond donors (Lipinski definition) is 1. The van der Waals surface area contributed by atoms with Crippen LogP contribution in [0.5, 0.6) is 11.5 Å². The van der Waals surface area contributed by atoms with Gasteiger partial charge in [0.1, 0.15) is 12.0 Å². The van der Waals surface area contributed by atoms with Crippen molar-refractivity contribution in [1.82, 2.24) is 10.3 Å². The Morgan fingerprint density at radius 1 is 1.13 bits per heavy atom. The molecule has 0 radical (unpaired) electrons. The van der Waals surface area contributed by atoms with Crippen LogP contribution in [-0.2, 0) is 16.2 Å². The summed E-state index contributed by atoms with van der Waals surface area (Å²) in [6.45, 7) is 7.71. The van der Waals surface area contributed by atoms with Gasteiger partial charge in [0.05, 0.1) is 6.61 Å². The third-order valence-corrected chi connectivity index (χ3v) is 5.55. The summed E-state index contributed by atoms with van der Waals surface area (Å²) in [7, 11) is 0. The lowest BCUT2D eigenvalue weighted by molar-refractivity contribution is -0.129. The number of carbonyl (C=O) groups is 2. The third-order valence-electron chi connectivity index (χ3n) is 4.45. The molecule has 30 heavy (non-hydrogen) atoms. The van der Waals surface area contributed by atoms with Crippen molar-refractivity contribution in [2.24, 2.45) is 5.10 Å². The molecule has 1 unspecified atom stereocenters. The molecular weight excluding hydrogens is 402 g/mol. The number of hydrazone groups is 1. The summed E-state index contributed by atoms with van der Waals surface area (Å²) in [6, 6.07) is 13.6. The first-order chi connectivity index (χ1) is 14.4. The Labute approximate surface area is 180 Å². The maximum Gasteiger partial charge on any atom is 0.241 e. The fourth-order valence-electron chi connectivity index (χ4n) is 2.97. The zero-order valence-electron chi connectivity index (χ0n) is 17.5. The van der Waals surface area contributed by atoms with E-state index in [0.717, 1.165) is 16.7 Å². The van der Waals surface area contributed by atoms with Crippen molar-refractivity contribution in [3.8, 4) is 11.5 Å². The summed E-state index contributed by atoms with van der Waals surface area (Å²) in [5.41, 5.74) is 3.09. The molecule has 1 heterocycles. The van der Waals surface area contributed by atoms with E-state index in [1.54, 1.807) is 0 Å². The number of amidine groups is 1. The van der Waals surface area contributed by atoms with E-state index in [1.165, 1.54) is 30.6 Å². The molecule has 2 aromatic rings. The summed E-state index contributed by atoms with van der Waals surface area (Å²) in [5, 5.41) is 8.23. The molecule has 0 aliphatic carbocycles. The first-order valence-electron chi connectivity index (χ1n) is 9.65. The molecule has 0 fully saturated rings. The molecule has 0 bridgehead atoms. The number of carbonyl (C=O) groups excluding carboxylic acids is 2. The van der Waals surface area contributed by atoms with Crippen LogP contribution in [0.4, 0.5) is 0 Å². The van der Waals surface area contributed by atoms with E-state index in [2.05, 4.69) is 10.4 Å². The van der Waals surface area contributed by atoms with Gasteiger partial charge in [0.2, 0.25) is 11.8 Å². The van der Waals surface area contributed by atoms with Gasteiger partial charge in [-0.2, -0.15) is 0 Å². The quantitative estimate of drug-likeness (QED) is 0.754. The number of rotatable bonds is 6. The number of nitrogens with one attached hydrogen (secondary N) is 1. The maximum atomic E-state index is 12.1. The first-order valence-corrected chi connectivity index (χ1v) is 10.5. The standard InChI is InChI=1S/C22H25N3O4S/c1-5-28-20-12-17(21-25(16(4)27)24-22(30-21)23-15(3)26)10-11-19(20)29-13-18-9-7-6-8-14(18)2/h6-12,21H,5,13H2,1-4H3,(H,23,24,26). The van der Waals surface area contributed by atoms with Crippen LogP contribution < -0.4 is 14.8 Å². The van der Waals surface area contributed by atoms with Gasteiger partial charge in [0.25, 0.3) is 0 Å². The van der Waals surface area contributed by atoms with E-state index in [4.69, 9.17) is 9.47 Å². The molecule has 1 aliphatic heterocycles. The molecule has 1 atom stereocenters. The van der Waals surface area contributed by atoms with Gasteiger partial charge in [-0.3, -0.25) is 9.59 Å². The fraction of sp³-hybridized carbons (Fsp3) is 0.318. The summed E-state index contributed by atoms with van der Waals surface area (Å²) in [5.74, 6) is 0.774. The van der Waals surface area contributed by atoms with Crippen LogP contribution in [0.15, 0.2) is 47.6 Å². The van der Waals surface area contributed by atoms with Gasteiger partial charge in [-0.1, -0.05) is 42.1 Å². The molecule has 2 amide bonds. The average molecular weight is 428 g/mol. The van der Waals surface area contributed by atoms with Crippen molar-refractivity contribution >= 4 is 28.7 Å². The Morgan fingerprint density at radius 2 is 1.90 bits per heavy atom. The molecule has 0 spiro atoms. The highest BCUT2D eigenvalue weighted by molar-refractivity contribution is 8.14. The van der Waals surface area contributed by atoms with Gasteiger partial charge in [-0.25, -0.2) is 5.01 Å². The molecule has 0 saturated heterocycles. The summed E-state index contributed by atoms with van der Waals surface area (Å²) in [6.07, 6.45) is 0. The van der Waals surface area contributed by atoms with Crippen LogP contribution in [0.2, 0.25) is 0 Å². The molecule has 3 rings (SSSR count). The summed E-state index contributed by atoms with van der Waals surface area (Å²) < 4.78 is 11.8. The second-order valence-corrected chi connectivity index (χ2v) is 7.84. The minimum Gasteiger partial charge on any atom is -0.490 e. The first kappa shape index (κ1) is 21.7. The fourth-order valence-corrected chi connectivity index (χ4v) is 4.10. The molecule has 0 aromatic heterocycles.